The summed E-state index contributed by atoms with van der Waals surface area (Å²) in [5, 5.41) is 10.3. The maximum atomic E-state index is 5.39. The number of aromatic nitrogens is 1. The first-order chi connectivity index (χ1) is 11.5. The van der Waals surface area contributed by atoms with Crippen molar-refractivity contribution in [2.75, 3.05) is 5.32 Å². The number of hydrogen-bond donors (Lipinski definition) is 2. The van der Waals surface area contributed by atoms with Gasteiger partial charge in [0.1, 0.15) is 0 Å². The number of aryl methyl sites for hydroxylation is 3. The summed E-state index contributed by atoms with van der Waals surface area (Å²) in [4.78, 5) is 6.97. The van der Waals surface area contributed by atoms with Crippen LogP contribution in [-0.4, -0.2) is 10.1 Å². The maximum Gasteiger partial charge on any atom is 0.171 e. The van der Waals surface area contributed by atoms with E-state index in [0.717, 1.165) is 16.4 Å². The van der Waals surface area contributed by atoms with E-state index in [2.05, 4.69) is 59.1 Å². The minimum atomic E-state index is 0.637. The molecule has 0 amide bonds. The SMILES string of the molecule is Cc1nc(-c2ccc(CNC(=S)Nc3ccc(C)c(C)c3)s2)cs1. The first kappa shape index (κ1) is 17.1. The van der Waals surface area contributed by atoms with Crippen molar-refractivity contribution in [3.05, 3.63) is 56.7 Å². The summed E-state index contributed by atoms with van der Waals surface area (Å²) in [5.74, 6) is 0. The van der Waals surface area contributed by atoms with E-state index in [1.807, 2.05) is 13.0 Å². The van der Waals surface area contributed by atoms with Crippen molar-refractivity contribution in [3.8, 4) is 10.6 Å². The highest BCUT2D eigenvalue weighted by Gasteiger charge is 2.07. The zero-order chi connectivity index (χ0) is 17.1. The maximum absolute atomic E-state index is 5.39. The number of benzene rings is 1. The second-order valence-corrected chi connectivity index (χ2v) is 8.26. The molecule has 2 aromatic heterocycles. The molecule has 3 nitrogen and oxygen atoms in total. The van der Waals surface area contributed by atoms with Crippen molar-refractivity contribution in [2.24, 2.45) is 0 Å². The number of thiazole rings is 1. The molecule has 0 spiro atoms. The lowest BCUT2D eigenvalue weighted by molar-refractivity contribution is 0.946. The number of hydrogen-bond acceptors (Lipinski definition) is 4. The molecule has 6 heteroatoms. The van der Waals surface area contributed by atoms with Gasteiger partial charge in [0.15, 0.2) is 5.11 Å². The van der Waals surface area contributed by atoms with E-state index in [-0.39, 0.29) is 0 Å². The fourth-order valence-corrected chi connectivity index (χ4v) is 4.03. The number of thiocarbonyl (C=S) groups is 1. The Morgan fingerprint density at radius 3 is 2.67 bits per heavy atom. The molecule has 0 aliphatic carbocycles. The molecule has 0 radical (unpaired) electrons. The standard InChI is InChI=1S/C18H19N3S3/c1-11-4-5-14(8-12(11)2)21-18(22)19-9-15-6-7-17(24-15)16-10-23-13(3)20-16/h4-8,10H,9H2,1-3H3,(H2,19,21,22). The van der Waals surface area contributed by atoms with Gasteiger partial charge in [0.05, 0.1) is 22.1 Å². The Labute approximate surface area is 155 Å². The van der Waals surface area contributed by atoms with Crippen LogP contribution in [-0.2, 0) is 6.54 Å². The molecular formula is C18H19N3S3. The van der Waals surface area contributed by atoms with Crippen molar-refractivity contribution >= 4 is 45.7 Å². The van der Waals surface area contributed by atoms with Crippen molar-refractivity contribution in [1.29, 1.82) is 0 Å². The van der Waals surface area contributed by atoms with Gasteiger partial charge in [-0.05, 0) is 68.4 Å². The third kappa shape index (κ3) is 4.20. The van der Waals surface area contributed by atoms with Crippen LogP contribution in [0.3, 0.4) is 0 Å². The Bertz CT molecular complexity index is 864. The quantitative estimate of drug-likeness (QED) is 0.610. The van der Waals surface area contributed by atoms with Crippen LogP contribution in [0.2, 0.25) is 0 Å². The van der Waals surface area contributed by atoms with Gasteiger partial charge >= 0.3 is 0 Å². The summed E-state index contributed by atoms with van der Waals surface area (Å²) < 4.78 is 0. The molecule has 0 atom stereocenters. The predicted molar refractivity (Wildman–Crippen MR) is 109 cm³/mol. The number of thiophene rings is 1. The van der Waals surface area contributed by atoms with Gasteiger partial charge in [-0.25, -0.2) is 4.98 Å². The molecule has 3 rings (SSSR count). The highest BCUT2D eigenvalue weighted by molar-refractivity contribution is 7.80. The Hall–Kier alpha value is -1.76. The molecule has 2 heterocycles. The van der Waals surface area contributed by atoms with E-state index >= 15 is 0 Å². The Kier molecular flexibility index (Phi) is 5.28. The summed E-state index contributed by atoms with van der Waals surface area (Å²) in [6.07, 6.45) is 0. The van der Waals surface area contributed by atoms with Gasteiger partial charge in [-0.2, -0.15) is 0 Å². The molecule has 0 aliphatic rings. The van der Waals surface area contributed by atoms with E-state index in [1.54, 1.807) is 22.7 Å². The van der Waals surface area contributed by atoms with Gasteiger partial charge < -0.3 is 10.6 Å². The zero-order valence-electron chi connectivity index (χ0n) is 13.8. The molecule has 0 fully saturated rings. The van der Waals surface area contributed by atoms with Crippen LogP contribution in [0.25, 0.3) is 10.6 Å². The van der Waals surface area contributed by atoms with Gasteiger partial charge in [-0.15, -0.1) is 22.7 Å². The van der Waals surface area contributed by atoms with Crippen LogP contribution in [0.5, 0.6) is 0 Å². The molecule has 0 saturated carbocycles. The minimum Gasteiger partial charge on any atom is -0.358 e. The molecule has 0 bridgehead atoms. The largest absolute Gasteiger partial charge is 0.358 e. The molecule has 0 unspecified atom stereocenters. The second-order valence-electron chi connectivity index (χ2n) is 5.62. The van der Waals surface area contributed by atoms with Gasteiger partial charge in [0, 0.05) is 15.9 Å². The number of rotatable bonds is 4. The molecule has 3 aromatic rings. The van der Waals surface area contributed by atoms with E-state index in [4.69, 9.17) is 12.2 Å². The van der Waals surface area contributed by atoms with Crippen molar-refractivity contribution in [1.82, 2.24) is 10.3 Å². The lowest BCUT2D eigenvalue weighted by Crippen LogP contribution is -2.27. The second kappa shape index (κ2) is 7.42. The van der Waals surface area contributed by atoms with Crippen LogP contribution in [0, 0.1) is 20.8 Å². The molecular weight excluding hydrogens is 354 g/mol. The van der Waals surface area contributed by atoms with E-state index in [0.29, 0.717) is 11.7 Å². The first-order valence-electron chi connectivity index (χ1n) is 7.64. The highest BCUT2D eigenvalue weighted by Crippen LogP contribution is 2.28. The number of nitrogens with one attached hydrogen (secondary N) is 2. The van der Waals surface area contributed by atoms with Gasteiger partial charge in [-0.1, -0.05) is 6.07 Å². The Morgan fingerprint density at radius 1 is 1.12 bits per heavy atom. The normalized spacial score (nSPS) is 10.6. The van der Waals surface area contributed by atoms with Crippen LogP contribution in [0.1, 0.15) is 21.0 Å². The Balaban J connectivity index is 1.56. The third-order valence-corrected chi connectivity index (χ3v) is 5.85. The smallest absolute Gasteiger partial charge is 0.171 e. The van der Waals surface area contributed by atoms with Crippen LogP contribution >= 0.6 is 34.9 Å². The topological polar surface area (TPSA) is 37.0 Å². The van der Waals surface area contributed by atoms with Crippen LogP contribution in [0.4, 0.5) is 5.69 Å². The van der Waals surface area contributed by atoms with Crippen molar-refractivity contribution in [3.63, 3.8) is 0 Å². The van der Waals surface area contributed by atoms with Gasteiger partial charge in [0.2, 0.25) is 0 Å². The van der Waals surface area contributed by atoms with E-state index < -0.39 is 0 Å². The highest BCUT2D eigenvalue weighted by atomic mass is 32.1. The molecule has 2 N–H and O–H groups in total. The molecule has 0 aliphatic heterocycles. The fourth-order valence-electron chi connectivity index (χ4n) is 2.25. The summed E-state index contributed by atoms with van der Waals surface area (Å²) in [5.41, 5.74) is 4.61. The zero-order valence-corrected chi connectivity index (χ0v) is 16.3. The van der Waals surface area contributed by atoms with Crippen molar-refractivity contribution in [2.45, 2.75) is 27.3 Å². The summed E-state index contributed by atoms with van der Waals surface area (Å²) in [6.45, 7) is 6.95. The monoisotopic (exact) mass is 373 g/mol. The molecule has 0 saturated heterocycles. The molecule has 124 valence electrons. The molecule has 1 aromatic carbocycles. The van der Waals surface area contributed by atoms with Crippen molar-refractivity contribution < 1.29 is 0 Å². The number of anilines is 1. The lowest BCUT2D eigenvalue weighted by Gasteiger charge is -2.11. The van der Waals surface area contributed by atoms with Crippen LogP contribution < -0.4 is 10.6 Å². The summed E-state index contributed by atoms with van der Waals surface area (Å²) in [6, 6.07) is 10.5. The fraction of sp³-hybridized carbons (Fsp3) is 0.222. The average molecular weight is 374 g/mol. The Morgan fingerprint density at radius 2 is 1.96 bits per heavy atom. The summed E-state index contributed by atoms with van der Waals surface area (Å²) in [7, 11) is 0. The number of nitrogens with zero attached hydrogens (tertiary/aromatic N) is 1. The van der Waals surface area contributed by atoms with Crippen LogP contribution in [0.15, 0.2) is 35.7 Å². The van der Waals surface area contributed by atoms with E-state index in [1.165, 1.54) is 20.9 Å². The minimum absolute atomic E-state index is 0.637. The van der Waals surface area contributed by atoms with Gasteiger partial charge in [0.25, 0.3) is 0 Å². The predicted octanol–water partition coefficient (Wildman–Crippen LogP) is 5.28. The summed E-state index contributed by atoms with van der Waals surface area (Å²) >= 11 is 8.81. The molecule has 24 heavy (non-hydrogen) atoms. The lowest BCUT2D eigenvalue weighted by atomic mass is 10.1. The average Bonchev–Trinajstić information content (AvgIpc) is 3.18. The first-order valence-corrected chi connectivity index (χ1v) is 9.75. The third-order valence-electron chi connectivity index (χ3n) is 3.72. The van der Waals surface area contributed by atoms with Gasteiger partial charge in [-0.3, -0.25) is 0 Å². The van der Waals surface area contributed by atoms with E-state index in [9.17, 15) is 0 Å².